The number of hydrogen-bond acceptors (Lipinski definition) is 4. The number of fused-ring (bicyclic) bond motifs is 3. The number of carboxylic acids is 1. The Balaban J connectivity index is 1.26. The Morgan fingerprint density at radius 3 is 2.15 bits per heavy atom. The Kier molecular flexibility index (Phi) is 5.58. The van der Waals surface area contributed by atoms with Crippen LogP contribution in [0.25, 0.3) is 11.1 Å². The van der Waals surface area contributed by atoms with Crippen LogP contribution in [0.3, 0.4) is 0 Å². The topological polar surface area (TPSA) is 105 Å². The molecule has 7 heteroatoms. The van der Waals surface area contributed by atoms with Crippen LogP contribution in [0.1, 0.15) is 56.1 Å². The third-order valence-electron chi connectivity index (χ3n) is 7.88. The van der Waals surface area contributed by atoms with Crippen LogP contribution in [-0.2, 0) is 14.3 Å². The molecule has 2 aromatic rings. The SMILES string of the molecule is CC(CNC(=O)C1(NC(=O)OCC2c3ccccc3-c3ccccc32)CC2(CCC2)C1)C(=O)O. The fourth-order valence-electron chi connectivity index (χ4n) is 5.90. The number of ether oxygens (including phenoxy) is 1. The number of carbonyl (C=O) groups is 3. The fraction of sp³-hybridized carbons (Fsp3) is 0.444. The van der Waals surface area contributed by atoms with E-state index in [-0.39, 0.29) is 30.4 Å². The third-order valence-corrected chi connectivity index (χ3v) is 7.88. The van der Waals surface area contributed by atoms with E-state index in [2.05, 4.69) is 34.9 Å². The first-order valence-electron chi connectivity index (χ1n) is 12.0. The minimum atomic E-state index is -1.04. The second-order valence-corrected chi connectivity index (χ2v) is 10.2. The number of aliphatic carboxylic acids is 1. The van der Waals surface area contributed by atoms with Gasteiger partial charge in [0.15, 0.2) is 0 Å². The summed E-state index contributed by atoms with van der Waals surface area (Å²) in [5.41, 5.74) is 3.64. The zero-order valence-electron chi connectivity index (χ0n) is 19.3. The van der Waals surface area contributed by atoms with Gasteiger partial charge in [-0.25, -0.2) is 4.79 Å². The highest BCUT2D eigenvalue weighted by atomic mass is 16.5. The van der Waals surface area contributed by atoms with Crippen LogP contribution in [0.4, 0.5) is 4.79 Å². The first kappa shape index (κ1) is 22.4. The van der Waals surface area contributed by atoms with Gasteiger partial charge in [-0.05, 0) is 53.4 Å². The Morgan fingerprint density at radius 1 is 1.03 bits per heavy atom. The Labute approximate surface area is 198 Å². The summed E-state index contributed by atoms with van der Waals surface area (Å²) < 4.78 is 5.68. The molecule has 0 heterocycles. The van der Waals surface area contributed by atoms with E-state index in [4.69, 9.17) is 9.84 Å². The molecule has 3 N–H and O–H groups in total. The third kappa shape index (κ3) is 3.83. The van der Waals surface area contributed by atoms with E-state index in [1.165, 1.54) is 0 Å². The van der Waals surface area contributed by atoms with Crippen molar-refractivity contribution >= 4 is 18.0 Å². The molecule has 34 heavy (non-hydrogen) atoms. The van der Waals surface area contributed by atoms with Crippen molar-refractivity contribution in [1.29, 1.82) is 0 Å². The highest BCUT2D eigenvalue weighted by molar-refractivity contribution is 5.91. The first-order chi connectivity index (χ1) is 16.3. The summed E-state index contributed by atoms with van der Waals surface area (Å²) in [5, 5.41) is 14.7. The van der Waals surface area contributed by atoms with Gasteiger partial charge in [-0.3, -0.25) is 9.59 Å². The molecular weight excluding hydrogens is 432 g/mol. The summed E-state index contributed by atoms with van der Waals surface area (Å²) in [5.74, 6) is -2.05. The van der Waals surface area contributed by atoms with Crippen molar-refractivity contribution in [2.45, 2.75) is 50.5 Å². The molecule has 0 bridgehead atoms. The predicted octanol–water partition coefficient (Wildman–Crippen LogP) is 4.06. The number of rotatable bonds is 7. The monoisotopic (exact) mass is 462 g/mol. The molecule has 0 aromatic heterocycles. The molecule has 2 saturated carbocycles. The van der Waals surface area contributed by atoms with Crippen molar-refractivity contribution in [3.8, 4) is 11.1 Å². The van der Waals surface area contributed by atoms with Gasteiger partial charge in [0.1, 0.15) is 12.1 Å². The summed E-state index contributed by atoms with van der Waals surface area (Å²) in [6.45, 7) is 1.75. The van der Waals surface area contributed by atoms with Crippen molar-refractivity contribution < 1.29 is 24.2 Å². The maximum absolute atomic E-state index is 13.1. The van der Waals surface area contributed by atoms with E-state index in [9.17, 15) is 14.4 Å². The second-order valence-electron chi connectivity index (χ2n) is 10.2. The lowest BCUT2D eigenvalue weighted by Gasteiger charge is -2.59. The molecule has 5 rings (SSSR count). The van der Waals surface area contributed by atoms with Gasteiger partial charge in [-0.2, -0.15) is 0 Å². The lowest BCUT2D eigenvalue weighted by molar-refractivity contribution is -0.145. The number of hydrogen-bond donors (Lipinski definition) is 3. The van der Waals surface area contributed by atoms with E-state index in [0.29, 0.717) is 12.8 Å². The maximum Gasteiger partial charge on any atom is 0.408 e. The van der Waals surface area contributed by atoms with Crippen molar-refractivity contribution in [2.75, 3.05) is 13.2 Å². The minimum Gasteiger partial charge on any atom is -0.481 e. The Bertz CT molecular complexity index is 1090. The summed E-state index contributed by atoms with van der Waals surface area (Å²) in [4.78, 5) is 37.1. The van der Waals surface area contributed by atoms with Gasteiger partial charge in [0, 0.05) is 12.5 Å². The number of alkyl carbamates (subject to hydrolysis) is 1. The Morgan fingerprint density at radius 2 is 1.62 bits per heavy atom. The van der Waals surface area contributed by atoms with Crippen LogP contribution < -0.4 is 10.6 Å². The predicted molar refractivity (Wildman–Crippen MR) is 126 cm³/mol. The van der Waals surface area contributed by atoms with E-state index < -0.39 is 23.5 Å². The molecule has 1 unspecified atom stereocenters. The molecule has 2 fully saturated rings. The van der Waals surface area contributed by atoms with Gasteiger partial charge in [0.05, 0.1) is 5.92 Å². The van der Waals surface area contributed by atoms with E-state index in [1.807, 2.05) is 24.3 Å². The van der Waals surface area contributed by atoms with Gasteiger partial charge in [-0.15, -0.1) is 0 Å². The largest absolute Gasteiger partial charge is 0.481 e. The fourth-order valence-corrected chi connectivity index (χ4v) is 5.90. The number of carboxylic acid groups (broad SMARTS) is 1. The Hall–Kier alpha value is -3.35. The number of carbonyl (C=O) groups excluding carboxylic acids is 2. The van der Waals surface area contributed by atoms with Gasteiger partial charge in [-0.1, -0.05) is 61.9 Å². The second kappa shape index (κ2) is 8.46. The van der Waals surface area contributed by atoms with Gasteiger partial charge >= 0.3 is 12.1 Å². The molecule has 3 aliphatic rings. The average molecular weight is 463 g/mol. The number of nitrogens with one attached hydrogen (secondary N) is 2. The highest BCUT2D eigenvalue weighted by Gasteiger charge is 2.61. The zero-order chi connectivity index (χ0) is 23.9. The molecular formula is C27H30N2O5. The quantitative estimate of drug-likeness (QED) is 0.576. The van der Waals surface area contributed by atoms with Crippen LogP contribution in [0.15, 0.2) is 48.5 Å². The van der Waals surface area contributed by atoms with Crippen LogP contribution in [-0.4, -0.2) is 41.8 Å². The normalized spacial score (nSPS) is 19.7. The van der Waals surface area contributed by atoms with Crippen LogP contribution in [0, 0.1) is 11.3 Å². The maximum atomic E-state index is 13.1. The molecule has 3 aliphatic carbocycles. The first-order valence-corrected chi connectivity index (χ1v) is 12.0. The van der Waals surface area contributed by atoms with E-state index >= 15 is 0 Å². The van der Waals surface area contributed by atoms with Crippen LogP contribution in [0.5, 0.6) is 0 Å². The van der Waals surface area contributed by atoms with Crippen molar-refractivity contribution in [3.05, 3.63) is 59.7 Å². The number of amides is 2. The molecule has 2 aromatic carbocycles. The molecule has 1 spiro atoms. The molecule has 1 atom stereocenters. The summed E-state index contributed by atoms with van der Waals surface area (Å²) >= 11 is 0. The van der Waals surface area contributed by atoms with Crippen LogP contribution in [0.2, 0.25) is 0 Å². The van der Waals surface area contributed by atoms with E-state index in [1.54, 1.807) is 6.92 Å². The lowest BCUT2D eigenvalue weighted by atomic mass is 9.48. The molecule has 2 amide bonds. The minimum absolute atomic E-state index is 0.0231. The molecule has 7 nitrogen and oxygen atoms in total. The molecule has 0 aliphatic heterocycles. The number of benzene rings is 2. The summed E-state index contributed by atoms with van der Waals surface area (Å²) in [7, 11) is 0. The van der Waals surface area contributed by atoms with Gasteiger partial charge < -0.3 is 20.5 Å². The average Bonchev–Trinajstić information content (AvgIpc) is 3.10. The summed E-state index contributed by atoms with van der Waals surface area (Å²) in [6.07, 6.45) is 3.77. The van der Waals surface area contributed by atoms with E-state index in [0.717, 1.165) is 41.5 Å². The summed E-state index contributed by atoms with van der Waals surface area (Å²) in [6, 6.07) is 16.3. The molecule has 178 valence electrons. The highest BCUT2D eigenvalue weighted by Crippen LogP contribution is 2.60. The zero-order valence-corrected chi connectivity index (χ0v) is 19.3. The van der Waals surface area contributed by atoms with Gasteiger partial charge in [0.25, 0.3) is 0 Å². The molecule has 0 radical (unpaired) electrons. The smallest absolute Gasteiger partial charge is 0.408 e. The van der Waals surface area contributed by atoms with Crippen molar-refractivity contribution in [2.24, 2.45) is 11.3 Å². The van der Waals surface area contributed by atoms with Gasteiger partial charge in [0.2, 0.25) is 5.91 Å². The molecule has 0 saturated heterocycles. The van der Waals surface area contributed by atoms with Crippen molar-refractivity contribution in [1.82, 2.24) is 10.6 Å². The standard InChI is InChI=1S/C27H30N2O5/c1-17(23(30)31)13-28-24(32)27(15-26(16-27)11-6-12-26)29-25(33)34-14-22-20-9-4-2-7-18(20)19-8-3-5-10-21(19)22/h2-5,7-10,17,22H,6,11-16H2,1H3,(H,28,32)(H,29,33)(H,30,31). The lowest BCUT2D eigenvalue weighted by Crippen LogP contribution is -2.70. The van der Waals surface area contributed by atoms with Crippen molar-refractivity contribution in [3.63, 3.8) is 0 Å². The van der Waals surface area contributed by atoms with Crippen LogP contribution >= 0.6 is 0 Å².